The summed E-state index contributed by atoms with van der Waals surface area (Å²) in [5, 5.41) is 2.90. The lowest BCUT2D eigenvalue weighted by molar-refractivity contribution is 0.0904. The van der Waals surface area contributed by atoms with Crippen molar-refractivity contribution in [3.05, 3.63) is 42.4 Å². The Morgan fingerprint density at radius 1 is 1.23 bits per heavy atom. The summed E-state index contributed by atoms with van der Waals surface area (Å²) in [6.45, 7) is 0. The summed E-state index contributed by atoms with van der Waals surface area (Å²) in [6.07, 6.45) is 4.74. The summed E-state index contributed by atoms with van der Waals surface area (Å²) in [6, 6.07) is 7.88. The Balaban J connectivity index is 1.67. The molecule has 2 aromatic rings. The van der Waals surface area contributed by atoms with Crippen molar-refractivity contribution in [3.8, 4) is 17.0 Å². The maximum absolute atomic E-state index is 12.0. The van der Waals surface area contributed by atoms with Gasteiger partial charge in [-0.1, -0.05) is 0 Å². The monoisotopic (exact) mass is 298 g/mol. The van der Waals surface area contributed by atoms with E-state index in [4.69, 9.17) is 10.5 Å². The van der Waals surface area contributed by atoms with E-state index in [1.807, 2.05) is 24.3 Å². The Morgan fingerprint density at radius 2 is 1.95 bits per heavy atom. The van der Waals surface area contributed by atoms with Crippen LogP contribution in [0.25, 0.3) is 11.3 Å². The Morgan fingerprint density at radius 3 is 2.50 bits per heavy atom. The molecule has 0 bridgehead atoms. The zero-order valence-corrected chi connectivity index (χ0v) is 12.3. The zero-order valence-electron chi connectivity index (χ0n) is 12.3. The summed E-state index contributed by atoms with van der Waals surface area (Å²) in [4.78, 5) is 20.5. The van der Waals surface area contributed by atoms with Gasteiger partial charge in [-0.05, 0) is 37.1 Å². The van der Waals surface area contributed by atoms with Crippen LogP contribution in [0.4, 0.5) is 0 Å². The number of nitrogens with zero attached hydrogens (tertiary/aromatic N) is 2. The molecule has 0 spiro atoms. The average molecular weight is 298 g/mol. The van der Waals surface area contributed by atoms with Gasteiger partial charge in [0.05, 0.1) is 25.2 Å². The smallest absolute Gasteiger partial charge is 0.271 e. The van der Waals surface area contributed by atoms with Crippen LogP contribution in [0.2, 0.25) is 0 Å². The first-order chi connectivity index (χ1) is 10.7. The first kappa shape index (κ1) is 14.5. The lowest BCUT2D eigenvalue weighted by atomic mass is 9.87. The molecule has 22 heavy (non-hydrogen) atoms. The number of aromatic nitrogens is 2. The van der Waals surface area contributed by atoms with E-state index in [0.717, 1.165) is 24.2 Å². The Bertz CT molecular complexity index is 649. The van der Waals surface area contributed by atoms with Crippen LogP contribution < -0.4 is 15.8 Å². The molecule has 0 atom stereocenters. The third-order valence-corrected chi connectivity index (χ3v) is 3.78. The van der Waals surface area contributed by atoms with E-state index in [0.29, 0.717) is 11.4 Å². The average Bonchev–Trinajstić information content (AvgIpc) is 2.53. The van der Waals surface area contributed by atoms with Crippen molar-refractivity contribution in [2.45, 2.75) is 24.9 Å². The molecule has 1 aliphatic rings. The van der Waals surface area contributed by atoms with Gasteiger partial charge in [0.2, 0.25) is 0 Å². The summed E-state index contributed by atoms with van der Waals surface area (Å²) in [5.74, 6) is 0.581. The third-order valence-electron chi connectivity index (χ3n) is 3.78. The molecule has 6 heteroatoms. The maximum Gasteiger partial charge on any atom is 0.271 e. The number of nitrogens with two attached hydrogens (primary N) is 1. The Labute approximate surface area is 128 Å². The van der Waals surface area contributed by atoms with E-state index in [9.17, 15) is 4.79 Å². The van der Waals surface area contributed by atoms with Crippen molar-refractivity contribution in [3.63, 3.8) is 0 Å². The molecule has 0 saturated heterocycles. The van der Waals surface area contributed by atoms with Gasteiger partial charge in [-0.2, -0.15) is 0 Å². The number of rotatable bonds is 4. The predicted molar refractivity (Wildman–Crippen MR) is 82.5 cm³/mol. The van der Waals surface area contributed by atoms with Crippen molar-refractivity contribution in [1.82, 2.24) is 15.3 Å². The van der Waals surface area contributed by atoms with Gasteiger partial charge >= 0.3 is 0 Å². The lowest BCUT2D eigenvalue weighted by Gasteiger charge is -2.32. The molecule has 1 saturated carbocycles. The van der Waals surface area contributed by atoms with Crippen molar-refractivity contribution in [2.75, 3.05) is 7.11 Å². The van der Waals surface area contributed by atoms with Crippen molar-refractivity contribution < 1.29 is 9.53 Å². The van der Waals surface area contributed by atoms with E-state index < -0.39 is 0 Å². The van der Waals surface area contributed by atoms with Gasteiger partial charge in [-0.25, -0.2) is 4.98 Å². The number of hydrogen-bond donors (Lipinski definition) is 2. The van der Waals surface area contributed by atoms with Crippen molar-refractivity contribution in [1.29, 1.82) is 0 Å². The predicted octanol–water partition coefficient (Wildman–Crippen LogP) is 1.37. The van der Waals surface area contributed by atoms with Crippen LogP contribution in [0.5, 0.6) is 5.75 Å². The summed E-state index contributed by atoms with van der Waals surface area (Å²) >= 11 is 0. The Kier molecular flexibility index (Phi) is 4.02. The number of nitrogens with one attached hydrogen (secondary N) is 1. The van der Waals surface area contributed by atoms with Crippen LogP contribution in [0.1, 0.15) is 23.3 Å². The second-order valence-electron chi connectivity index (χ2n) is 5.42. The number of carbonyl (C=O) groups excluding carboxylic acids is 1. The molecule has 0 radical (unpaired) electrons. The number of carbonyl (C=O) groups is 1. The first-order valence-corrected chi connectivity index (χ1v) is 7.18. The van der Waals surface area contributed by atoms with Crippen LogP contribution >= 0.6 is 0 Å². The summed E-state index contributed by atoms with van der Waals surface area (Å²) in [7, 11) is 1.62. The highest BCUT2D eigenvalue weighted by Crippen LogP contribution is 2.20. The molecular weight excluding hydrogens is 280 g/mol. The quantitative estimate of drug-likeness (QED) is 0.889. The van der Waals surface area contributed by atoms with E-state index in [1.165, 1.54) is 6.20 Å². The summed E-state index contributed by atoms with van der Waals surface area (Å²) < 4.78 is 5.12. The maximum atomic E-state index is 12.0. The molecular formula is C16H18N4O2. The number of methoxy groups -OCH3 is 1. The normalized spacial score (nSPS) is 20.1. The van der Waals surface area contributed by atoms with Crippen LogP contribution in [0.3, 0.4) is 0 Å². The van der Waals surface area contributed by atoms with Crippen molar-refractivity contribution >= 4 is 5.91 Å². The minimum absolute atomic E-state index is 0.158. The highest BCUT2D eigenvalue weighted by molar-refractivity contribution is 5.92. The molecule has 114 valence electrons. The number of amides is 1. The zero-order chi connectivity index (χ0) is 15.5. The molecule has 1 aromatic heterocycles. The van der Waals surface area contributed by atoms with Crippen LogP contribution in [0.15, 0.2) is 36.7 Å². The Hall–Kier alpha value is -2.47. The van der Waals surface area contributed by atoms with Gasteiger partial charge < -0.3 is 15.8 Å². The second kappa shape index (κ2) is 6.11. The first-order valence-electron chi connectivity index (χ1n) is 7.18. The molecule has 6 nitrogen and oxygen atoms in total. The molecule has 0 unspecified atom stereocenters. The number of hydrogen-bond acceptors (Lipinski definition) is 5. The van der Waals surface area contributed by atoms with Gasteiger partial charge in [0.25, 0.3) is 5.91 Å². The fourth-order valence-corrected chi connectivity index (χ4v) is 2.40. The minimum Gasteiger partial charge on any atom is -0.497 e. The largest absolute Gasteiger partial charge is 0.497 e. The van der Waals surface area contributed by atoms with Gasteiger partial charge in [-0.15, -0.1) is 0 Å². The van der Waals surface area contributed by atoms with Crippen LogP contribution in [-0.4, -0.2) is 35.1 Å². The topological polar surface area (TPSA) is 90.1 Å². The summed E-state index contributed by atoms with van der Waals surface area (Å²) in [5.41, 5.74) is 7.65. The molecule has 1 heterocycles. The van der Waals surface area contributed by atoms with E-state index >= 15 is 0 Å². The number of ether oxygens (including phenoxy) is 1. The SMILES string of the molecule is COc1ccc(-c2cnc(C(=O)NC3CC(N)C3)cn2)cc1. The molecule has 0 aliphatic heterocycles. The van der Waals surface area contributed by atoms with Gasteiger partial charge in [-0.3, -0.25) is 9.78 Å². The van der Waals surface area contributed by atoms with Crippen LogP contribution in [-0.2, 0) is 0 Å². The van der Waals surface area contributed by atoms with Crippen molar-refractivity contribution in [2.24, 2.45) is 5.73 Å². The van der Waals surface area contributed by atoms with E-state index in [2.05, 4.69) is 15.3 Å². The van der Waals surface area contributed by atoms with Gasteiger partial charge in [0.1, 0.15) is 11.4 Å². The van der Waals surface area contributed by atoms with E-state index in [1.54, 1.807) is 13.3 Å². The highest BCUT2D eigenvalue weighted by Gasteiger charge is 2.27. The second-order valence-corrected chi connectivity index (χ2v) is 5.42. The molecule has 3 N–H and O–H groups in total. The molecule has 1 aliphatic carbocycles. The van der Waals surface area contributed by atoms with Gasteiger partial charge in [0, 0.05) is 17.6 Å². The van der Waals surface area contributed by atoms with Gasteiger partial charge in [0.15, 0.2) is 0 Å². The highest BCUT2D eigenvalue weighted by atomic mass is 16.5. The standard InChI is InChI=1S/C16H18N4O2/c1-22-13-4-2-10(3-5-13)14-8-19-15(9-18-14)16(21)20-12-6-11(17)7-12/h2-5,8-9,11-12H,6-7,17H2,1H3,(H,20,21). The number of benzene rings is 1. The van der Waals surface area contributed by atoms with Crippen LogP contribution in [0, 0.1) is 0 Å². The fraction of sp³-hybridized carbons (Fsp3) is 0.312. The third kappa shape index (κ3) is 3.07. The molecule has 1 fully saturated rings. The fourth-order valence-electron chi connectivity index (χ4n) is 2.40. The minimum atomic E-state index is -0.203. The lowest BCUT2D eigenvalue weighted by Crippen LogP contribution is -2.50. The van der Waals surface area contributed by atoms with E-state index in [-0.39, 0.29) is 18.0 Å². The molecule has 3 rings (SSSR count). The molecule has 1 aromatic carbocycles. The molecule has 1 amide bonds.